The predicted molar refractivity (Wildman–Crippen MR) is 77.9 cm³/mol. The third-order valence-electron chi connectivity index (χ3n) is 3.44. The zero-order valence-corrected chi connectivity index (χ0v) is 13.2. The van der Waals surface area contributed by atoms with Crippen LogP contribution in [0.15, 0.2) is 0 Å². The molecule has 0 unspecified atom stereocenters. The van der Waals surface area contributed by atoms with Crippen LogP contribution in [-0.4, -0.2) is 39.4 Å². The van der Waals surface area contributed by atoms with E-state index in [1.807, 2.05) is 34.6 Å². The minimum atomic E-state index is -0.357. The van der Waals surface area contributed by atoms with Gasteiger partial charge < -0.3 is 10.6 Å². The Bertz CT molecular complexity index is 556. The number of nitrogens with zero attached hydrogens (tertiary/aromatic N) is 3. The van der Waals surface area contributed by atoms with E-state index in [4.69, 9.17) is 0 Å². The van der Waals surface area contributed by atoms with Crippen molar-refractivity contribution in [3.8, 4) is 0 Å². The molecule has 7 nitrogen and oxygen atoms in total. The molecular weight excluding hydrogens is 270 g/mol. The smallest absolute Gasteiger partial charge is 0.274 e. The van der Waals surface area contributed by atoms with Crippen LogP contribution in [0.1, 0.15) is 55.6 Å². The fourth-order valence-corrected chi connectivity index (χ4v) is 2.09. The standard InChI is InChI=1S/C14H23N5O2/c1-8(2)9-6-19-11(13(21)16-9)10(17-18-19)12(20)15-7-14(3,4)5/h8-9H,6-7H2,1-5H3,(H,15,20)(H,16,21)/t9-/m1/s1. The molecule has 2 rings (SSSR count). The van der Waals surface area contributed by atoms with Gasteiger partial charge in [0.05, 0.1) is 12.6 Å². The van der Waals surface area contributed by atoms with Gasteiger partial charge in [0.2, 0.25) is 0 Å². The topological polar surface area (TPSA) is 88.9 Å². The van der Waals surface area contributed by atoms with Gasteiger partial charge in [-0.25, -0.2) is 4.68 Å². The Morgan fingerprint density at radius 2 is 2.14 bits per heavy atom. The maximum atomic E-state index is 12.2. The van der Waals surface area contributed by atoms with Crippen molar-refractivity contribution in [3.05, 3.63) is 11.4 Å². The predicted octanol–water partition coefficient (Wildman–Crippen LogP) is 0.822. The second-order valence-electron chi connectivity index (χ2n) is 7.04. The average molecular weight is 293 g/mol. The molecule has 2 amide bonds. The normalized spacial score (nSPS) is 18.4. The van der Waals surface area contributed by atoms with Crippen molar-refractivity contribution in [2.45, 2.75) is 47.2 Å². The van der Waals surface area contributed by atoms with Gasteiger partial charge >= 0.3 is 0 Å². The zero-order chi connectivity index (χ0) is 15.8. The van der Waals surface area contributed by atoms with Crippen LogP contribution in [0, 0.1) is 11.3 Å². The van der Waals surface area contributed by atoms with Gasteiger partial charge in [0.15, 0.2) is 11.4 Å². The van der Waals surface area contributed by atoms with E-state index in [1.165, 1.54) is 4.68 Å². The number of hydrogen-bond acceptors (Lipinski definition) is 4. The molecule has 21 heavy (non-hydrogen) atoms. The van der Waals surface area contributed by atoms with Crippen LogP contribution >= 0.6 is 0 Å². The first kappa shape index (κ1) is 15.5. The monoisotopic (exact) mass is 293 g/mol. The summed E-state index contributed by atoms with van der Waals surface area (Å²) in [6, 6.07) is 0.0113. The quantitative estimate of drug-likeness (QED) is 0.863. The van der Waals surface area contributed by atoms with Crippen molar-refractivity contribution in [2.24, 2.45) is 11.3 Å². The summed E-state index contributed by atoms with van der Waals surface area (Å²) in [7, 11) is 0. The number of hydrogen-bond donors (Lipinski definition) is 2. The fraction of sp³-hybridized carbons (Fsp3) is 0.714. The number of amides is 2. The van der Waals surface area contributed by atoms with Crippen molar-refractivity contribution in [1.82, 2.24) is 25.6 Å². The van der Waals surface area contributed by atoms with Crippen LogP contribution in [0.25, 0.3) is 0 Å². The minimum absolute atomic E-state index is 0.0113. The lowest BCUT2D eigenvalue weighted by Crippen LogP contribution is -2.48. The van der Waals surface area contributed by atoms with Crippen molar-refractivity contribution in [3.63, 3.8) is 0 Å². The molecule has 0 saturated heterocycles. The summed E-state index contributed by atoms with van der Waals surface area (Å²) in [5, 5.41) is 13.5. The van der Waals surface area contributed by atoms with Crippen LogP contribution < -0.4 is 10.6 Å². The SMILES string of the molecule is CC(C)[C@H]1Cn2nnc(C(=O)NCC(C)(C)C)c2C(=O)N1. The van der Waals surface area contributed by atoms with E-state index in [2.05, 4.69) is 20.9 Å². The number of carbonyl (C=O) groups excluding carboxylic acids is 2. The van der Waals surface area contributed by atoms with E-state index in [1.54, 1.807) is 0 Å². The van der Waals surface area contributed by atoms with Crippen LogP contribution in [0.5, 0.6) is 0 Å². The first-order valence-electron chi connectivity index (χ1n) is 7.21. The maximum Gasteiger partial charge on any atom is 0.274 e. The van der Waals surface area contributed by atoms with Gasteiger partial charge in [-0.2, -0.15) is 0 Å². The molecule has 0 aromatic carbocycles. The van der Waals surface area contributed by atoms with E-state index in [9.17, 15) is 9.59 Å². The van der Waals surface area contributed by atoms with Gasteiger partial charge in [-0.05, 0) is 11.3 Å². The number of carbonyl (C=O) groups is 2. The summed E-state index contributed by atoms with van der Waals surface area (Å²) in [6.07, 6.45) is 0. The molecule has 0 spiro atoms. The van der Waals surface area contributed by atoms with Gasteiger partial charge in [-0.3, -0.25) is 9.59 Å². The molecule has 0 radical (unpaired) electrons. The van der Waals surface area contributed by atoms with Crippen LogP contribution in [0.3, 0.4) is 0 Å². The third kappa shape index (κ3) is 3.40. The number of rotatable bonds is 3. The highest BCUT2D eigenvalue weighted by Crippen LogP contribution is 2.16. The van der Waals surface area contributed by atoms with Crippen molar-refractivity contribution in [1.29, 1.82) is 0 Å². The summed E-state index contributed by atoms with van der Waals surface area (Å²) >= 11 is 0. The van der Waals surface area contributed by atoms with Crippen LogP contribution in [0.4, 0.5) is 0 Å². The Labute approximate surface area is 124 Å². The van der Waals surface area contributed by atoms with Crippen molar-refractivity contribution >= 4 is 11.8 Å². The lowest BCUT2D eigenvalue weighted by atomic mass is 9.97. The van der Waals surface area contributed by atoms with Gasteiger partial charge in [0, 0.05) is 6.54 Å². The molecule has 0 bridgehead atoms. The molecule has 1 aliphatic heterocycles. The minimum Gasteiger partial charge on any atom is -0.350 e. The molecule has 0 aliphatic carbocycles. The molecule has 1 aromatic rings. The van der Waals surface area contributed by atoms with Gasteiger partial charge in [0.1, 0.15) is 0 Å². The zero-order valence-electron chi connectivity index (χ0n) is 13.2. The highest BCUT2D eigenvalue weighted by molar-refractivity contribution is 6.05. The average Bonchev–Trinajstić information content (AvgIpc) is 2.79. The molecule has 116 valence electrons. The first-order valence-corrected chi connectivity index (χ1v) is 7.21. The highest BCUT2D eigenvalue weighted by atomic mass is 16.2. The summed E-state index contributed by atoms with van der Waals surface area (Å²) < 4.78 is 1.52. The van der Waals surface area contributed by atoms with Crippen LogP contribution in [0.2, 0.25) is 0 Å². The molecule has 0 fully saturated rings. The number of fused-ring (bicyclic) bond motifs is 1. The Morgan fingerprint density at radius 3 is 2.71 bits per heavy atom. The second-order valence-corrected chi connectivity index (χ2v) is 7.04. The lowest BCUT2D eigenvalue weighted by Gasteiger charge is -2.27. The molecule has 0 saturated carbocycles. The van der Waals surface area contributed by atoms with Gasteiger partial charge in [-0.15, -0.1) is 5.10 Å². The van der Waals surface area contributed by atoms with E-state index >= 15 is 0 Å². The van der Waals surface area contributed by atoms with E-state index in [0.717, 1.165) is 0 Å². The van der Waals surface area contributed by atoms with E-state index in [-0.39, 0.29) is 34.7 Å². The molecular formula is C14H23N5O2. The Balaban J connectivity index is 2.18. The van der Waals surface area contributed by atoms with E-state index < -0.39 is 0 Å². The number of nitrogens with one attached hydrogen (secondary N) is 2. The van der Waals surface area contributed by atoms with Crippen molar-refractivity contribution in [2.75, 3.05) is 6.54 Å². The van der Waals surface area contributed by atoms with Gasteiger partial charge in [0.25, 0.3) is 11.8 Å². The van der Waals surface area contributed by atoms with Crippen LogP contribution in [-0.2, 0) is 6.54 Å². The Morgan fingerprint density at radius 1 is 1.48 bits per heavy atom. The Hall–Kier alpha value is -1.92. The van der Waals surface area contributed by atoms with Crippen molar-refractivity contribution < 1.29 is 9.59 Å². The lowest BCUT2D eigenvalue weighted by molar-refractivity contribution is 0.0859. The summed E-state index contributed by atoms with van der Waals surface area (Å²) in [6.45, 7) is 11.2. The van der Waals surface area contributed by atoms with E-state index in [0.29, 0.717) is 19.0 Å². The summed E-state index contributed by atoms with van der Waals surface area (Å²) in [5.74, 6) is -0.348. The Kier molecular flexibility index (Phi) is 4.02. The summed E-state index contributed by atoms with van der Waals surface area (Å²) in [5.41, 5.74) is 0.311. The molecule has 1 aliphatic rings. The highest BCUT2D eigenvalue weighted by Gasteiger charge is 2.33. The largest absolute Gasteiger partial charge is 0.350 e. The molecule has 7 heteroatoms. The molecule has 2 heterocycles. The fourth-order valence-electron chi connectivity index (χ4n) is 2.09. The second kappa shape index (κ2) is 5.46. The maximum absolute atomic E-state index is 12.2. The number of aromatic nitrogens is 3. The third-order valence-corrected chi connectivity index (χ3v) is 3.44. The first-order chi connectivity index (χ1) is 9.69. The van der Waals surface area contributed by atoms with Gasteiger partial charge in [-0.1, -0.05) is 39.8 Å². The molecule has 2 N–H and O–H groups in total. The molecule has 1 aromatic heterocycles. The molecule has 1 atom stereocenters. The summed E-state index contributed by atoms with van der Waals surface area (Å²) in [4.78, 5) is 24.4.